The van der Waals surface area contributed by atoms with Crippen LogP contribution in [0.15, 0.2) is 18.3 Å². The summed E-state index contributed by atoms with van der Waals surface area (Å²) in [5, 5.41) is 8.70. The summed E-state index contributed by atoms with van der Waals surface area (Å²) in [5.74, 6) is -1.01. The number of hydrogen-bond donors (Lipinski definition) is 1. The van der Waals surface area contributed by atoms with Crippen LogP contribution in [0.3, 0.4) is 0 Å². The topological polar surface area (TPSA) is 62.7 Å². The normalized spacial score (nSPS) is 10.1. The molecule has 0 spiro atoms. The summed E-state index contributed by atoms with van der Waals surface area (Å²) in [4.78, 5) is 16.5. The summed E-state index contributed by atoms with van der Waals surface area (Å²) in [6.45, 7) is 1.56. The highest BCUT2D eigenvalue weighted by atomic mass is 16.5. The van der Waals surface area contributed by atoms with Crippen molar-refractivity contribution in [2.24, 2.45) is 0 Å². The lowest BCUT2D eigenvalue weighted by Gasteiger charge is -2.18. The summed E-state index contributed by atoms with van der Waals surface area (Å²) in [7, 11) is 3.61. The number of pyridine rings is 1. The van der Waals surface area contributed by atoms with Crippen LogP contribution in [0.2, 0.25) is 0 Å². The van der Waals surface area contributed by atoms with E-state index in [1.807, 2.05) is 11.9 Å². The van der Waals surface area contributed by atoms with E-state index in [1.165, 1.54) is 6.07 Å². The highest BCUT2D eigenvalue weighted by Crippen LogP contribution is 2.11. The molecule has 0 aliphatic heterocycles. The van der Waals surface area contributed by atoms with Gasteiger partial charge < -0.3 is 14.7 Å². The van der Waals surface area contributed by atoms with E-state index >= 15 is 0 Å². The maximum absolute atomic E-state index is 10.6. The number of carboxylic acid groups (broad SMARTS) is 1. The molecular formula is C11H16N2O3. The van der Waals surface area contributed by atoms with E-state index in [2.05, 4.69) is 4.98 Å². The number of nitrogens with zero attached hydrogens (tertiary/aromatic N) is 2. The Kier molecular flexibility index (Phi) is 4.72. The highest BCUT2D eigenvalue weighted by Gasteiger charge is 2.05. The number of carbonyl (C=O) groups is 1. The summed E-state index contributed by atoms with van der Waals surface area (Å²) in [5.41, 5.74) is 0.968. The molecule has 0 bridgehead atoms. The molecule has 0 aromatic carbocycles. The third-order valence-electron chi connectivity index (χ3n) is 2.25. The van der Waals surface area contributed by atoms with Crippen LogP contribution in [-0.2, 0) is 4.74 Å². The Morgan fingerprint density at radius 2 is 2.31 bits per heavy atom. The predicted molar refractivity (Wildman–Crippen MR) is 61.0 cm³/mol. The van der Waals surface area contributed by atoms with Crippen molar-refractivity contribution in [3.05, 3.63) is 24.0 Å². The number of methoxy groups -OCH3 is 1. The van der Waals surface area contributed by atoms with Gasteiger partial charge in [0.25, 0.3) is 0 Å². The highest BCUT2D eigenvalue weighted by molar-refractivity contribution is 5.85. The molecule has 1 aromatic heterocycles. The van der Waals surface area contributed by atoms with Gasteiger partial charge in [0.2, 0.25) is 0 Å². The Balaban J connectivity index is 2.56. The average molecular weight is 224 g/mol. The van der Waals surface area contributed by atoms with Crippen molar-refractivity contribution in [3.8, 4) is 0 Å². The molecule has 0 aliphatic carbocycles. The largest absolute Gasteiger partial charge is 0.477 e. The lowest BCUT2D eigenvalue weighted by molar-refractivity contribution is 0.0690. The minimum absolute atomic E-state index is 0.0639. The van der Waals surface area contributed by atoms with Crippen molar-refractivity contribution in [3.63, 3.8) is 0 Å². The minimum atomic E-state index is -1.01. The first-order chi connectivity index (χ1) is 7.65. The van der Waals surface area contributed by atoms with Crippen molar-refractivity contribution < 1.29 is 14.6 Å². The summed E-state index contributed by atoms with van der Waals surface area (Å²) in [6, 6.07) is 3.26. The molecule has 5 heteroatoms. The Bertz CT molecular complexity index is 338. The number of aromatic carboxylic acids is 1. The van der Waals surface area contributed by atoms with E-state index < -0.39 is 5.97 Å². The zero-order valence-electron chi connectivity index (χ0n) is 9.51. The second-order valence-corrected chi connectivity index (χ2v) is 3.47. The standard InChI is InChI=1S/C11H16N2O3/c1-13(6-3-7-16-2)9-4-5-10(11(14)15)12-8-9/h4-5,8H,3,6-7H2,1-2H3,(H,14,15). The quantitative estimate of drug-likeness (QED) is 0.737. The molecule has 88 valence electrons. The van der Waals surface area contributed by atoms with E-state index in [9.17, 15) is 4.79 Å². The fraction of sp³-hybridized carbons (Fsp3) is 0.455. The Morgan fingerprint density at radius 1 is 1.56 bits per heavy atom. The van der Waals surface area contributed by atoms with Gasteiger partial charge in [0.15, 0.2) is 0 Å². The maximum atomic E-state index is 10.6. The molecule has 0 radical (unpaired) electrons. The number of rotatable bonds is 6. The molecule has 0 aliphatic rings. The van der Waals surface area contributed by atoms with Crippen LogP contribution in [0.25, 0.3) is 0 Å². The molecule has 16 heavy (non-hydrogen) atoms. The van der Waals surface area contributed by atoms with E-state index in [1.54, 1.807) is 19.4 Å². The molecule has 0 unspecified atom stereocenters. The van der Waals surface area contributed by atoms with Gasteiger partial charge in [-0.05, 0) is 18.6 Å². The molecule has 0 saturated carbocycles. The molecule has 1 aromatic rings. The maximum Gasteiger partial charge on any atom is 0.354 e. The second-order valence-electron chi connectivity index (χ2n) is 3.47. The number of hydrogen-bond acceptors (Lipinski definition) is 4. The van der Waals surface area contributed by atoms with Crippen molar-refractivity contribution in [2.45, 2.75) is 6.42 Å². The monoisotopic (exact) mass is 224 g/mol. The average Bonchev–Trinajstić information content (AvgIpc) is 2.29. The number of anilines is 1. The van der Waals surface area contributed by atoms with Gasteiger partial charge in [-0.2, -0.15) is 0 Å². The third kappa shape index (κ3) is 3.51. The summed E-state index contributed by atoms with van der Waals surface area (Å²) >= 11 is 0. The molecule has 1 N–H and O–H groups in total. The van der Waals surface area contributed by atoms with Gasteiger partial charge in [0.05, 0.1) is 11.9 Å². The molecule has 1 rings (SSSR count). The van der Waals surface area contributed by atoms with Crippen LogP contribution in [0.5, 0.6) is 0 Å². The Hall–Kier alpha value is -1.62. The summed E-state index contributed by atoms with van der Waals surface area (Å²) in [6.07, 6.45) is 2.49. The molecular weight excluding hydrogens is 208 g/mol. The lowest BCUT2D eigenvalue weighted by atomic mass is 10.3. The smallest absolute Gasteiger partial charge is 0.354 e. The lowest BCUT2D eigenvalue weighted by Crippen LogP contribution is -2.20. The predicted octanol–water partition coefficient (Wildman–Crippen LogP) is 1.25. The molecule has 0 amide bonds. The number of aromatic nitrogens is 1. The summed E-state index contributed by atoms with van der Waals surface area (Å²) < 4.78 is 4.96. The van der Waals surface area contributed by atoms with Gasteiger partial charge >= 0.3 is 5.97 Å². The molecule has 0 saturated heterocycles. The zero-order chi connectivity index (χ0) is 12.0. The van der Waals surface area contributed by atoms with E-state index in [0.29, 0.717) is 6.61 Å². The van der Waals surface area contributed by atoms with Crippen LogP contribution in [0.4, 0.5) is 5.69 Å². The Morgan fingerprint density at radius 3 is 2.81 bits per heavy atom. The van der Waals surface area contributed by atoms with Crippen molar-refractivity contribution in [2.75, 3.05) is 32.2 Å². The zero-order valence-corrected chi connectivity index (χ0v) is 9.51. The van der Waals surface area contributed by atoms with Gasteiger partial charge in [-0.15, -0.1) is 0 Å². The first-order valence-corrected chi connectivity index (χ1v) is 5.04. The SMILES string of the molecule is COCCCN(C)c1ccc(C(=O)O)nc1. The van der Waals surface area contributed by atoms with Gasteiger partial charge in [-0.3, -0.25) is 0 Å². The van der Waals surface area contributed by atoms with E-state index in [-0.39, 0.29) is 5.69 Å². The first-order valence-electron chi connectivity index (χ1n) is 5.04. The van der Waals surface area contributed by atoms with Crippen molar-refractivity contribution >= 4 is 11.7 Å². The first kappa shape index (κ1) is 12.4. The van der Waals surface area contributed by atoms with Gasteiger partial charge in [0, 0.05) is 27.3 Å². The van der Waals surface area contributed by atoms with E-state index in [0.717, 1.165) is 18.7 Å². The third-order valence-corrected chi connectivity index (χ3v) is 2.25. The van der Waals surface area contributed by atoms with Crippen molar-refractivity contribution in [1.29, 1.82) is 0 Å². The van der Waals surface area contributed by atoms with E-state index in [4.69, 9.17) is 9.84 Å². The number of carboxylic acids is 1. The fourth-order valence-corrected chi connectivity index (χ4v) is 1.31. The second kappa shape index (κ2) is 6.07. The van der Waals surface area contributed by atoms with Crippen LogP contribution < -0.4 is 4.90 Å². The molecule has 0 fully saturated rings. The molecule has 5 nitrogen and oxygen atoms in total. The van der Waals surface area contributed by atoms with Crippen LogP contribution in [0.1, 0.15) is 16.9 Å². The fourth-order valence-electron chi connectivity index (χ4n) is 1.31. The van der Waals surface area contributed by atoms with Crippen LogP contribution >= 0.6 is 0 Å². The van der Waals surface area contributed by atoms with Gasteiger partial charge in [-0.1, -0.05) is 0 Å². The molecule has 1 heterocycles. The number of ether oxygens (including phenoxy) is 1. The van der Waals surface area contributed by atoms with Crippen LogP contribution in [0, 0.1) is 0 Å². The van der Waals surface area contributed by atoms with Crippen LogP contribution in [-0.4, -0.2) is 43.4 Å². The minimum Gasteiger partial charge on any atom is -0.477 e. The van der Waals surface area contributed by atoms with Gasteiger partial charge in [0.1, 0.15) is 5.69 Å². The van der Waals surface area contributed by atoms with Crippen molar-refractivity contribution in [1.82, 2.24) is 4.98 Å². The van der Waals surface area contributed by atoms with Gasteiger partial charge in [-0.25, -0.2) is 9.78 Å². The molecule has 0 atom stereocenters. The Labute approximate surface area is 94.7 Å².